The molecule has 4 rings (SSSR count). The molecular formula is C14H9N3O2. The van der Waals surface area contributed by atoms with E-state index < -0.39 is 0 Å². The molecule has 0 saturated carbocycles. The van der Waals surface area contributed by atoms with Crippen molar-refractivity contribution in [2.24, 2.45) is 0 Å². The second-order valence-electron chi connectivity index (χ2n) is 4.36. The number of aromatic amines is 2. The minimum atomic E-state index is -0.111. The molecule has 1 aromatic carbocycles. The molecular weight excluding hydrogens is 242 g/mol. The molecule has 0 saturated heterocycles. The van der Waals surface area contributed by atoms with Crippen LogP contribution in [-0.2, 0) is 0 Å². The molecule has 3 aromatic heterocycles. The van der Waals surface area contributed by atoms with Crippen molar-refractivity contribution in [3.05, 3.63) is 53.1 Å². The van der Waals surface area contributed by atoms with Crippen molar-refractivity contribution in [3.63, 3.8) is 0 Å². The molecule has 19 heavy (non-hydrogen) atoms. The first-order valence-electron chi connectivity index (χ1n) is 5.87. The average Bonchev–Trinajstić information content (AvgIpc) is 3.10. The Morgan fingerprint density at radius 2 is 2.05 bits per heavy atom. The molecule has 5 heteroatoms. The summed E-state index contributed by atoms with van der Waals surface area (Å²) in [7, 11) is 0. The Labute approximate surface area is 106 Å². The Kier molecular flexibility index (Phi) is 1.91. The lowest BCUT2D eigenvalue weighted by atomic mass is 10.1. The molecule has 0 aliphatic heterocycles. The van der Waals surface area contributed by atoms with E-state index in [4.69, 9.17) is 4.52 Å². The van der Waals surface area contributed by atoms with Crippen LogP contribution in [0.4, 0.5) is 0 Å². The number of fused-ring (bicyclic) bond motifs is 3. The molecule has 2 N–H and O–H groups in total. The molecule has 0 aliphatic carbocycles. The summed E-state index contributed by atoms with van der Waals surface area (Å²) < 4.78 is 5.16. The van der Waals surface area contributed by atoms with E-state index in [0.29, 0.717) is 11.3 Å². The van der Waals surface area contributed by atoms with Gasteiger partial charge in [-0.25, -0.2) is 0 Å². The highest BCUT2D eigenvalue weighted by Gasteiger charge is 2.08. The largest absolute Gasteiger partial charge is 0.357 e. The number of aromatic nitrogens is 3. The molecule has 0 unspecified atom stereocenters. The van der Waals surface area contributed by atoms with Crippen molar-refractivity contribution >= 4 is 21.8 Å². The normalized spacial score (nSPS) is 11.4. The second-order valence-corrected chi connectivity index (χ2v) is 4.36. The highest BCUT2D eigenvalue weighted by Crippen LogP contribution is 2.26. The van der Waals surface area contributed by atoms with Gasteiger partial charge in [-0.3, -0.25) is 4.79 Å². The Hall–Kier alpha value is -2.82. The number of nitrogens with zero attached hydrogens (tertiary/aromatic N) is 1. The number of benzene rings is 1. The first-order chi connectivity index (χ1) is 9.33. The topological polar surface area (TPSA) is 74.7 Å². The number of H-pyrrole nitrogens is 2. The SMILES string of the molecule is O=c1[nH]c2ccc(-c3ccno3)cc2c2cc[nH]c12. The van der Waals surface area contributed by atoms with Crippen molar-refractivity contribution in [2.45, 2.75) is 0 Å². The third-order valence-electron chi connectivity index (χ3n) is 3.25. The number of rotatable bonds is 1. The van der Waals surface area contributed by atoms with Gasteiger partial charge in [-0.2, -0.15) is 0 Å². The van der Waals surface area contributed by atoms with Gasteiger partial charge in [-0.05, 0) is 24.3 Å². The van der Waals surface area contributed by atoms with E-state index in [1.165, 1.54) is 0 Å². The lowest BCUT2D eigenvalue weighted by Gasteiger charge is -2.02. The third-order valence-corrected chi connectivity index (χ3v) is 3.25. The maximum absolute atomic E-state index is 11.9. The molecule has 4 aromatic rings. The minimum absolute atomic E-state index is 0.111. The smallest absolute Gasteiger partial charge is 0.272 e. The van der Waals surface area contributed by atoms with Gasteiger partial charge in [0.1, 0.15) is 5.52 Å². The van der Waals surface area contributed by atoms with Gasteiger partial charge in [0, 0.05) is 34.1 Å². The molecule has 0 bridgehead atoms. The number of nitrogens with one attached hydrogen (secondary N) is 2. The van der Waals surface area contributed by atoms with E-state index in [0.717, 1.165) is 21.9 Å². The Morgan fingerprint density at radius 3 is 2.89 bits per heavy atom. The van der Waals surface area contributed by atoms with E-state index in [1.807, 2.05) is 24.3 Å². The van der Waals surface area contributed by atoms with Gasteiger partial charge in [0.25, 0.3) is 5.56 Å². The molecule has 3 heterocycles. The van der Waals surface area contributed by atoms with E-state index in [2.05, 4.69) is 15.1 Å². The zero-order valence-electron chi connectivity index (χ0n) is 9.81. The van der Waals surface area contributed by atoms with Gasteiger partial charge in [0.2, 0.25) is 0 Å². The lowest BCUT2D eigenvalue weighted by Crippen LogP contribution is -2.05. The van der Waals surface area contributed by atoms with Crippen LogP contribution in [0.1, 0.15) is 0 Å². The monoisotopic (exact) mass is 251 g/mol. The van der Waals surface area contributed by atoms with Crippen LogP contribution in [0.3, 0.4) is 0 Å². The summed E-state index contributed by atoms with van der Waals surface area (Å²) in [6.45, 7) is 0. The summed E-state index contributed by atoms with van der Waals surface area (Å²) in [4.78, 5) is 17.7. The third kappa shape index (κ3) is 1.41. The minimum Gasteiger partial charge on any atom is -0.357 e. The van der Waals surface area contributed by atoms with E-state index in [9.17, 15) is 4.79 Å². The van der Waals surface area contributed by atoms with Crippen molar-refractivity contribution in [2.75, 3.05) is 0 Å². The fourth-order valence-electron chi connectivity index (χ4n) is 2.36. The van der Waals surface area contributed by atoms with Gasteiger partial charge in [0.05, 0.1) is 6.20 Å². The maximum Gasteiger partial charge on any atom is 0.272 e. The first kappa shape index (κ1) is 10.1. The Bertz CT molecular complexity index is 932. The van der Waals surface area contributed by atoms with Crippen molar-refractivity contribution in [3.8, 4) is 11.3 Å². The van der Waals surface area contributed by atoms with Crippen LogP contribution in [0.5, 0.6) is 0 Å². The quantitative estimate of drug-likeness (QED) is 0.546. The van der Waals surface area contributed by atoms with Gasteiger partial charge in [-0.1, -0.05) is 5.16 Å². The predicted octanol–water partition coefficient (Wildman–Crippen LogP) is 2.66. The maximum atomic E-state index is 11.9. The molecule has 0 radical (unpaired) electrons. The average molecular weight is 251 g/mol. The molecule has 5 nitrogen and oxygen atoms in total. The highest BCUT2D eigenvalue weighted by atomic mass is 16.5. The molecule has 0 amide bonds. The Balaban J connectivity index is 2.13. The van der Waals surface area contributed by atoms with Crippen molar-refractivity contribution in [1.29, 1.82) is 0 Å². The van der Waals surface area contributed by atoms with E-state index >= 15 is 0 Å². The predicted molar refractivity (Wildman–Crippen MR) is 71.9 cm³/mol. The summed E-state index contributed by atoms with van der Waals surface area (Å²) in [5.74, 6) is 0.705. The van der Waals surface area contributed by atoms with E-state index in [-0.39, 0.29) is 5.56 Å². The van der Waals surface area contributed by atoms with E-state index in [1.54, 1.807) is 18.5 Å². The van der Waals surface area contributed by atoms with Crippen LogP contribution >= 0.6 is 0 Å². The van der Waals surface area contributed by atoms with Gasteiger partial charge in [0.15, 0.2) is 5.76 Å². The van der Waals surface area contributed by atoms with Gasteiger partial charge >= 0.3 is 0 Å². The summed E-state index contributed by atoms with van der Waals surface area (Å²) in [6, 6.07) is 9.47. The highest BCUT2D eigenvalue weighted by molar-refractivity contribution is 6.05. The first-order valence-corrected chi connectivity index (χ1v) is 5.87. The van der Waals surface area contributed by atoms with Crippen LogP contribution in [-0.4, -0.2) is 15.1 Å². The number of hydrogen-bond donors (Lipinski definition) is 2. The fourth-order valence-corrected chi connectivity index (χ4v) is 2.36. The standard InChI is InChI=1S/C14H9N3O2/c18-14-13-9(3-5-15-13)10-7-8(1-2-11(10)17-14)12-4-6-16-19-12/h1-7,15H,(H,17,18). The second kappa shape index (κ2) is 3.58. The molecule has 0 fully saturated rings. The lowest BCUT2D eigenvalue weighted by molar-refractivity contribution is 0.432. The zero-order chi connectivity index (χ0) is 12.8. The van der Waals surface area contributed by atoms with Gasteiger partial charge in [-0.15, -0.1) is 0 Å². The molecule has 0 atom stereocenters. The van der Waals surface area contributed by atoms with Gasteiger partial charge < -0.3 is 14.5 Å². The fraction of sp³-hybridized carbons (Fsp3) is 0. The van der Waals surface area contributed by atoms with Crippen molar-refractivity contribution < 1.29 is 4.52 Å². The van der Waals surface area contributed by atoms with Crippen molar-refractivity contribution in [1.82, 2.24) is 15.1 Å². The van der Waals surface area contributed by atoms with Crippen LogP contribution in [0.15, 0.2) is 52.0 Å². The number of hydrogen-bond acceptors (Lipinski definition) is 3. The number of pyridine rings is 1. The van der Waals surface area contributed by atoms with Crippen LogP contribution in [0, 0.1) is 0 Å². The summed E-state index contributed by atoms with van der Waals surface area (Å²) in [5.41, 5.74) is 2.21. The molecule has 92 valence electrons. The van der Waals surface area contributed by atoms with Crippen LogP contribution < -0.4 is 5.56 Å². The summed E-state index contributed by atoms with van der Waals surface area (Å²) in [5, 5.41) is 5.59. The molecule has 0 spiro atoms. The zero-order valence-corrected chi connectivity index (χ0v) is 9.81. The van der Waals surface area contributed by atoms with Crippen LogP contribution in [0.2, 0.25) is 0 Å². The summed E-state index contributed by atoms with van der Waals surface area (Å²) >= 11 is 0. The molecule has 0 aliphatic rings. The Morgan fingerprint density at radius 1 is 1.11 bits per heavy atom. The summed E-state index contributed by atoms with van der Waals surface area (Å²) in [6.07, 6.45) is 3.37. The van der Waals surface area contributed by atoms with Crippen LogP contribution in [0.25, 0.3) is 33.1 Å².